The predicted octanol–water partition coefficient (Wildman–Crippen LogP) is 3.70. The van der Waals surface area contributed by atoms with E-state index in [0.29, 0.717) is 24.4 Å². The van der Waals surface area contributed by atoms with E-state index in [1.54, 1.807) is 43.3 Å². The third-order valence-electron chi connectivity index (χ3n) is 7.90. The number of carbonyl (C=O) groups is 4. The van der Waals surface area contributed by atoms with Crippen LogP contribution < -0.4 is 10.6 Å². The molecule has 3 atom stereocenters. The lowest BCUT2D eigenvalue weighted by Crippen LogP contribution is -2.54. The summed E-state index contributed by atoms with van der Waals surface area (Å²) in [6.45, 7) is 5.51. The van der Waals surface area contributed by atoms with E-state index in [9.17, 15) is 27.6 Å². The summed E-state index contributed by atoms with van der Waals surface area (Å²) in [7, 11) is -4.03. The van der Waals surface area contributed by atoms with Crippen molar-refractivity contribution in [3.63, 3.8) is 0 Å². The van der Waals surface area contributed by atoms with E-state index in [4.69, 9.17) is 23.2 Å². The number of nitrogens with zero attached hydrogens (tertiary/aromatic N) is 1. The van der Waals surface area contributed by atoms with Gasteiger partial charge < -0.3 is 15.5 Å². The van der Waals surface area contributed by atoms with Crippen molar-refractivity contribution in [2.24, 2.45) is 5.92 Å². The molecule has 0 spiro atoms. The molecule has 42 heavy (non-hydrogen) atoms. The number of benzene rings is 2. The molecule has 2 aromatic carbocycles. The predicted molar refractivity (Wildman–Crippen MR) is 160 cm³/mol. The Morgan fingerprint density at radius 2 is 1.67 bits per heavy atom. The van der Waals surface area contributed by atoms with Gasteiger partial charge in [0.25, 0.3) is 5.91 Å². The summed E-state index contributed by atoms with van der Waals surface area (Å²) in [5, 5.41) is 4.64. The quantitative estimate of drug-likeness (QED) is 0.362. The molecule has 2 aliphatic rings. The lowest BCUT2D eigenvalue weighted by atomic mass is 9.94. The van der Waals surface area contributed by atoms with Gasteiger partial charge in [0, 0.05) is 18.1 Å². The normalized spacial score (nSPS) is 20.2. The Bertz CT molecular complexity index is 1470. The molecule has 1 unspecified atom stereocenters. The van der Waals surface area contributed by atoms with Crippen LogP contribution in [-0.4, -0.2) is 67.2 Å². The van der Waals surface area contributed by atoms with Gasteiger partial charge in [0.2, 0.25) is 17.6 Å². The first-order chi connectivity index (χ1) is 19.8. The third-order valence-corrected chi connectivity index (χ3v) is 10.8. The Kier molecular flexibility index (Phi) is 9.69. The summed E-state index contributed by atoms with van der Waals surface area (Å²) >= 11 is 12.3. The van der Waals surface area contributed by atoms with Crippen LogP contribution in [0.3, 0.4) is 0 Å². The summed E-state index contributed by atoms with van der Waals surface area (Å²) in [6, 6.07) is 10.6. The summed E-state index contributed by atoms with van der Waals surface area (Å²) in [4.78, 5) is 54.3. The Hall–Kier alpha value is -2.95. The van der Waals surface area contributed by atoms with Crippen molar-refractivity contribution in [3.05, 3.63) is 64.1 Å². The highest BCUT2D eigenvalue weighted by molar-refractivity contribution is 7.92. The van der Waals surface area contributed by atoms with Crippen LogP contribution in [0.2, 0.25) is 10.0 Å². The fourth-order valence-corrected chi connectivity index (χ4v) is 7.65. The van der Waals surface area contributed by atoms with Crippen molar-refractivity contribution >= 4 is 56.5 Å². The molecule has 0 bridgehead atoms. The fraction of sp³-hybridized carbons (Fsp3) is 0.467. The molecule has 2 fully saturated rings. The molecule has 1 aliphatic carbocycles. The molecule has 12 heteroatoms. The molecule has 1 saturated heterocycles. The van der Waals surface area contributed by atoms with Gasteiger partial charge in [0.1, 0.15) is 6.04 Å². The maximum Gasteiger partial charge on any atom is 0.289 e. The second-order valence-corrected chi connectivity index (χ2v) is 14.4. The number of nitrogens with one attached hydrogen (secondary N) is 2. The maximum atomic E-state index is 14.1. The highest BCUT2D eigenvalue weighted by atomic mass is 35.5. The van der Waals surface area contributed by atoms with Crippen molar-refractivity contribution in [2.45, 2.75) is 74.1 Å². The average molecular weight is 637 g/mol. The molecule has 4 rings (SSSR count). The van der Waals surface area contributed by atoms with Crippen LogP contribution in [-0.2, 0) is 34.4 Å². The molecule has 3 amide bonds. The molecular weight excluding hydrogens is 601 g/mol. The van der Waals surface area contributed by atoms with Gasteiger partial charge >= 0.3 is 0 Å². The standard InChI is InChI=1S/C30H35Cl2N3O6S/c1-4-23(26(36)28(38)33-16-18(2)3)34-27(37)24-15-21(42(40,41)25-8-6-5-7-22(25)32)17-35(24)29(39)30(13-14-30)19-9-11-20(31)12-10-19/h5-12,18,21,23-24H,4,13-17H2,1-3H3,(H,33,38)(H,34,37)/t21-,23?,24+/m1/s1. The molecule has 2 N–H and O–H groups in total. The van der Waals surface area contributed by atoms with Crippen LogP contribution in [0.4, 0.5) is 0 Å². The average Bonchev–Trinajstić information content (AvgIpc) is 3.64. The molecule has 0 aromatic heterocycles. The lowest BCUT2D eigenvalue weighted by molar-refractivity contribution is -0.143. The van der Waals surface area contributed by atoms with E-state index in [-0.39, 0.29) is 41.1 Å². The monoisotopic (exact) mass is 635 g/mol. The number of hydrogen-bond acceptors (Lipinski definition) is 6. The first-order valence-electron chi connectivity index (χ1n) is 14.0. The second-order valence-electron chi connectivity index (χ2n) is 11.3. The fourth-order valence-electron chi connectivity index (χ4n) is 5.31. The van der Waals surface area contributed by atoms with E-state index in [2.05, 4.69) is 10.6 Å². The van der Waals surface area contributed by atoms with Crippen LogP contribution >= 0.6 is 23.2 Å². The van der Waals surface area contributed by atoms with Gasteiger partial charge in [0.15, 0.2) is 9.84 Å². The highest BCUT2D eigenvalue weighted by Crippen LogP contribution is 2.51. The minimum atomic E-state index is -4.03. The van der Waals surface area contributed by atoms with Crippen molar-refractivity contribution in [2.75, 3.05) is 13.1 Å². The van der Waals surface area contributed by atoms with Gasteiger partial charge in [-0.1, -0.05) is 68.2 Å². The van der Waals surface area contributed by atoms with Gasteiger partial charge in [0.05, 0.1) is 26.6 Å². The minimum absolute atomic E-state index is 0.0483. The smallest absolute Gasteiger partial charge is 0.289 e. The minimum Gasteiger partial charge on any atom is -0.349 e. The maximum absolute atomic E-state index is 14.1. The second kappa shape index (κ2) is 12.7. The number of Topliss-reactive ketones (excluding diaryl/α,β-unsaturated/α-hetero) is 1. The summed E-state index contributed by atoms with van der Waals surface area (Å²) in [5.74, 6) is -2.54. The number of sulfone groups is 1. The van der Waals surface area contributed by atoms with E-state index < -0.39 is 50.2 Å². The van der Waals surface area contributed by atoms with Gasteiger partial charge in [-0.15, -0.1) is 0 Å². The number of likely N-dealkylation sites (tertiary alicyclic amines) is 1. The summed E-state index contributed by atoms with van der Waals surface area (Å²) in [6.07, 6.45) is 1.01. The Morgan fingerprint density at radius 3 is 2.24 bits per heavy atom. The SMILES string of the molecule is CCC(NC(=O)[C@@H]1C[C@@H](S(=O)(=O)c2ccccc2Cl)CN1C(=O)C1(c2ccc(Cl)cc2)CC1)C(=O)C(=O)NCC(C)C. The van der Waals surface area contributed by atoms with E-state index >= 15 is 0 Å². The number of amides is 3. The summed E-state index contributed by atoms with van der Waals surface area (Å²) in [5.41, 5.74) is -0.167. The van der Waals surface area contributed by atoms with Gasteiger partial charge in [-0.2, -0.15) is 0 Å². The van der Waals surface area contributed by atoms with Crippen molar-refractivity contribution in [1.82, 2.24) is 15.5 Å². The Labute approximate surface area is 256 Å². The highest BCUT2D eigenvalue weighted by Gasteiger charge is 2.57. The molecule has 1 heterocycles. The van der Waals surface area contributed by atoms with Crippen molar-refractivity contribution in [1.29, 1.82) is 0 Å². The molecule has 9 nitrogen and oxygen atoms in total. The summed E-state index contributed by atoms with van der Waals surface area (Å²) < 4.78 is 27.4. The van der Waals surface area contributed by atoms with Crippen molar-refractivity contribution in [3.8, 4) is 0 Å². The third kappa shape index (κ3) is 6.50. The molecule has 1 aliphatic heterocycles. The van der Waals surface area contributed by atoms with Crippen molar-refractivity contribution < 1.29 is 27.6 Å². The van der Waals surface area contributed by atoms with Crippen LogP contribution in [0.5, 0.6) is 0 Å². The zero-order chi connectivity index (χ0) is 30.8. The number of rotatable bonds is 11. The van der Waals surface area contributed by atoms with E-state index in [1.165, 1.54) is 17.0 Å². The zero-order valence-electron chi connectivity index (χ0n) is 23.7. The van der Waals surface area contributed by atoms with Crippen LogP contribution in [0.15, 0.2) is 53.4 Å². The number of ketones is 1. The number of hydrogen-bond donors (Lipinski definition) is 2. The molecule has 0 radical (unpaired) electrons. The van der Waals surface area contributed by atoms with Crippen LogP contribution in [0.25, 0.3) is 0 Å². The first kappa shape index (κ1) is 32.0. The molecule has 2 aromatic rings. The molecule has 1 saturated carbocycles. The Balaban J connectivity index is 1.63. The first-order valence-corrected chi connectivity index (χ1v) is 16.3. The zero-order valence-corrected chi connectivity index (χ0v) is 26.1. The number of halogens is 2. The lowest BCUT2D eigenvalue weighted by Gasteiger charge is -2.29. The van der Waals surface area contributed by atoms with Gasteiger partial charge in [-0.3, -0.25) is 19.2 Å². The van der Waals surface area contributed by atoms with Crippen LogP contribution in [0.1, 0.15) is 52.0 Å². The van der Waals surface area contributed by atoms with E-state index in [1.807, 2.05) is 13.8 Å². The molecular formula is C30H35Cl2N3O6S. The number of carbonyl (C=O) groups excluding carboxylic acids is 4. The van der Waals surface area contributed by atoms with Gasteiger partial charge in [-0.05, 0) is 61.4 Å². The largest absolute Gasteiger partial charge is 0.349 e. The van der Waals surface area contributed by atoms with E-state index in [0.717, 1.165) is 5.56 Å². The topological polar surface area (TPSA) is 130 Å². The van der Waals surface area contributed by atoms with Gasteiger partial charge in [-0.25, -0.2) is 8.42 Å². The Morgan fingerprint density at radius 1 is 1.02 bits per heavy atom. The van der Waals surface area contributed by atoms with Crippen LogP contribution in [0, 0.1) is 5.92 Å². The molecule has 226 valence electrons.